The Hall–Kier alpha value is -1.10. The topological polar surface area (TPSA) is 61.4 Å². The van der Waals surface area contributed by atoms with E-state index in [1.807, 2.05) is 0 Å². The van der Waals surface area contributed by atoms with Crippen molar-refractivity contribution < 1.29 is 9.59 Å². The Balaban J connectivity index is 3.52. The van der Waals surface area contributed by atoms with Crippen LogP contribution in [0.2, 0.25) is 0 Å². The van der Waals surface area contributed by atoms with Crippen LogP contribution in [-0.4, -0.2) is 50.9 Å². The van der Waals surface area contributed by atoms with Gasteiger partial charge in [-0.25, -0.2) is 0 Å². The number of nitrogens with zero attached hydrogens (tertiary/aromatic N) is 1. The maximum Gasteiger partial charge on any atom is 0.241 e. The molecule has 0 aromatic rings. The molecule has 13 heavy (non-hydrogen) atoms. The van der Waals surface area contributed by atoms with Crippen LogP contribution in [0.3, 0.4) is 0 Å². The number of carbonyl (C=O) groups excluding carboxylic acids is 2. The third-order valence-electron chi connectivity index (χ3n) is 1.54. The number of rotatable bonds is 5. The predicted octanol–water partition coefficient (Wildman–Crippen LogP) is -1.20. The van der Waals surface area contributed by atoms with Crippen molar-refractivity contribution in [3.05, 3.63) is 0 Å². The Kier molecular flexibility index (Phi) is 5.88. The van der Waals surface area contributed by atoms with Gasteiger partial charge in [-0.2, -0.15) is 0 Å². The van der Waals surface area contributed by atoms with Crippen molar-refractivity contribution in [2.24, 2.45) is 0 Å². The number of hydrogen-bond donors (Lipinski definition) is 2. The Labute approximate surface area is 78.5 Å². The van der Waals surface area contributed by atoms with Crippen molar-refractivity contribution in [1.29, 1.82) is 0 Å². The number of hydrogen-bond acceptors (Lipinski definition) is 3. The predicted molar refractivity (Wildman–Crippen MR) is 50.2 cm³/mol. The van der Waals surface area contributed by atoms with Gasteiger partial charge in [-0.05, 0) is 7.05 Å². The van der Waals surface area contributed by atoms with Crippen molar-refractivity contribution in [2.45, 2.75) is 6.42 Å². The lowest BCUT2D eigenvalue weighted by atomic mass is 10.4. The van der Waals surface area contributed by atoms with Gasteiger partial charge in [0.1, 0.15) is 0 Å². The van der Waals surface area contributed by atoms with Crippen LogP contribution in [0.4, 0.5) is 0 Å². The maximum absolute atomic E-state index is 11.0. The van der Waals surface area contributed by atoms with Crippen LogP contribution in [0.1, 0.15) is 6.42 Å². The summed E-state index contributed by atoms with van der Waals surface area (Å²) in [6.45, 7) is 0.706. The molecule has 0 aliphatic carbocycles. The highest BCUT2D eigenvalue weighted by atomic mass is 16.2. The van der Waals surface area contributed by atoms with Crippen LogP contribution < -0.4 is 10.6 Å². The van der Waals surface area contributed by atoms with Crippen LogP contribution in [0, 0.1) is 0 Å². The van der Waals surface area contributed by atoms with Gasteiger partial charge in [0.05, 0.1) is 6.54 Å². The molecule has 0 unspecified atom stereocenters. The first-order chi connectivity index (χ1) is 6.07. The molecule has 76 valence electrons. The van der Waals surface area contributed by atoms with E-state index in [2.05, 4.69) is 10.6 Å². The van der Waals surface area contributed by atoms with E-state index in [1.54, 1.807) is 21.1 Å². The van der Waals surface area contributed by atoms with Crippen molar-refractivity contribution in [3.63, 3.8) is 0 Å². The average Bonchev–Trinajstić information content (AvgIpc) is 2.10. The maximum atomic E-state index is 11.0. The van der Waals surface area contributed by atoms with Gasteiger partial charge in [-0.1, -0.05) is 0 Å². The molecule has 2 amide bonds. The number of nitrogens with one attached hydrogen (secondary N) is 2. The van der Waals surface area contributed by atoms with E-state index in [0.29, 0.717) is 13.0 Å². The van der Waals surface area contributed by atoms with Gasteiger partial charge in [0, 0.05) is 27.1 Å². The van der Waals surface area contributed by atoms with Gasteiger partial charge < -0.3 is 15.5 Å². The zero-order valence-electron chi connectivity index (χ0n) is 8.39. The van der Waals surface area contributed by atoms with E-state index < -0.39 is 0 Å². The zero-order valence-corrected chi connectivity index (χ0v) is 8.39. The fraction of sp³-hybridized carbons (Fsp3) is 0.750. The van der Waals surface area contributed by atoms with E-state index in [0.717, 1.165) is 0 Å². The molecule has 0 heterocycles. The molecule has 0 atom stereocenters. The van der Waals surface area contributed by atoms with Crippen LogP contribution in [-0.2, 0) is 9.59 Å². The second kappa shape index (κ2) is 6.42. The molecule has 0 saturated carbocycles. The van der Waals surface area contributed by atoms with Crippen LogP contribution in [0.5, 0.6) is 0 Å². The quantitative estimate of drug-likeness (QED) is 0.568. The Bertz CT molecular complexity index is 180. The van der Waals surface area contributed by atoms with E-state index in [1.165, 1.54) is 4.90 Å². The molecule has 0 rings (SSSR count). The molecule has 0 fully saturated rings. The smallest absolute Gasteiger partial charge is 0.241 e. The van der Waals surface area contributed by atoms with Crippen molar-refractivity contribution in [3.8, 4) is 0 Å². The van der Waals surface area contributed by atoms with E-state index in [-0.39, 0.29) is 18.4 Å². The molecule has 5 heteroatoms. The molecule has 0 spiro atoms. The highest BCUT2D eigenvalue weighted by molar-refractivity contribution is 5.84. The SMILES string of the molecule is CNCCC(=O)NCC(=O)N(C)C. The van der Waals surface area contributed by atoms with Crippen LogP contribution in [0.25, 0.3) is 0 Å². The van der Waals surface area contributed by atoms with E-state index in [4.69, 9.17) is 0 Å². The van der Waals surface area contributed by atoms with Crippen molar-refractivity contribution in [2.75, 3.05) is 34.2 Å². The first-order valence-electron chi connectivity index (χ1n) is 4.19. The summed E-state index contributed by atoms with van der Waals surface area (Å²) in [5.41, 5.74) is 0. The third kappa shape index (κ3) is 6.10. The van der Waals surface area contributed by atoms with Gasteiger partial charge in [-0.15, -0.1) is 0 Å². The second-order valence-electron chi connectivity index (χ2n) is 2.92. The lowest BCUT2D eigenvalue weighted by Crippen LogP contribution is -2.36. The molecule has 0 radical (unpaired) electrons. The summed E-state index contributed by atoms with van der Waals surface area (Å²) in [6, 6.07) is 0. The van der Waals surface area contributed by atoms with Crippen LogP contribution >= 0.6 is 0 Å². The minimum Gasteiger partial charge on any atom is -0.347 e. The highest BCUT2D eigenvalue weighted by Crippen LogP contribution is 1.79. The van der Waals surface area contributed by atoms with Crippen molar-refractivity contribution >= 4 is 11.8 Å². The largest absolute Gasteiger partial charge is 0.347 e. The summed E-state index contributed by atoms with van der Waals surface area (Å²) in [4.78, 5) is 23.5. The lowest BCUT2D eigenvalue weighted by molar-refractivity contribution is -0.130. The third-order valence-corrected chi connectivity index (χ3v) is 1.54. The molecule has 0 aliphatic heterocycles. The molecule has 5 nitrogen and oxygen atoms in total. The molecule has 2 N–H and O–H groups in total. The normalized spacial score (nSPS) is 9.46. The fourth-order valence-electron chi connectivity index (χ4n) is 0.659. The fourth-order valence-corrected chi connectivity index (χ4v) is 0.659. The van der Waals surface area contributed by atoms with Crippen molar-refractivity contribution in [1.82, 2.24) is 15.5 Å². The Morgan fingerprint density at radius 3 is 2.38 bits per heavy atom. The van der Waals surface area contributed by atoms with Crippen LogP contribution in [0.15, 0.2) is 0 Å². The lowest BCUT2D eigenvalue weighted by Gasteiger charge is -2.10. The first kappa shape index (κ1) is 11.9. The average molecular weight is 187 g/mol. The molecule has 0 aromatic heterocycles. The molecular formula is C8H17N3O2. The zero-order chi connectivity index (χ0) is 10.3. The van der Waals surface area contributed by atoms with Gasteiger partial charge >= 0.3 is 0 Å². The summed E-state index contributed by atoms with van der Waals surface area (Å²) in [7, 11) is 5.09. The molecular weight excluding hydrogens is 170 g/mol. The molecule has 0 aliphatic rings. The van der Waals surface area contributed by atoms with Gasteiger partial charge in [0.2, 0.25) is 11.8 Å². The van der Waals surface area contributed by atoms with E-state index >= 15 is 0 Å². The first-order valence-corrected chi connectivity index (χ1v) is 4.19. The number of likely N-dealkylation sites (N-methyl/N-ethyl adjacent to an activating group) is 1. The standard InChI is InChI=1S/C8H17N3O2/c1-9-5-4-7(12)10-6-8(13)11(2)3/h9H,4-6H2,1-3H3,(H,10,12). The second-order valence-corrected chi connectivity index (χ2v) is 2.92. The van der Waals surface area contributed by atoms with Gasteiger partial charge in [0.25, 0.3) is 0 Å². The minimum absolute atomic E-state index is 0.0789. The summed E-state index contributed by atoms with van der Waals surface area (Å²) in [5, 5.41) is 5.38. The van der Waals surface area contributed by atoms with E-state index in [9.17, 15) is 9.59 Å². The molecule has 0 saturated heterocycles. The summed E-state index contributed by atoms with van der Waals surface area (Å²) < 4.78 is 0. The highest BCUT2D eigenvalue weighted by Gasteiger charge is 2.05. The summed E-state index contributed by atoms with van der Waals surface area (Å²) >= 11 is 0. The van der Waals surface area contributed by atoms with Gasteiger partial charge in [0.15, 0.2) is 0 Å². The summed E-state index contributed by atoms with van der Waals surface area (Å²) in [6.07, 6.45) is 0.400. The molecule has 0 aromatic carbocycles. The monoisotopic (exact) mass is 187 g/mol. The minimum atomic E-state index is -0.107. The number of carbonyl (C=O) groups is 2. The number of amides is 2. The Morgan fingerprint density at radius 2 is 1.92 bits per heavy atom. The Morgan fingerprint density at radius 1 is 1.31 bits per heavy atom. The summed E-state index contributed by atoms with van der Waals surface area (Å²) in [5.74, 6) is -0.206. The molecule has 0 bridgehead atoms. The van der Waals surface area contributed by atoms with Gasteiger partial charge in [-0.3, -0.25) is 9.59 Å².